The number of carboxylic acids is 1. The largest absolute Gasteiger partial charge is 0.506 e. The third-order valence-electron chi connectivity index (χ3n) is 10.7. The van der Waals surface area contributed by atoms with Gasteiger partial charge < -0.3 is 39.4 Å². The van der Waals surface area contributed by atoms with Crippen LogP contribution in [0.4, 0.5) is 0 Å². The first kappa shape index (κ1) is 31.7. The first-order valence-corrected chi connectivity index (χ1v) is 15.3. The van der Waals surface area contributed by atoms with Crippen LogP contribution in [-0.4, -0.2) is 85.3 Å². The van der Waals surface area contributed by atoms with Crippen LogP contribution in [0.15, 0.2) is 17.7 Å². The number of phenolic OH excluding ortho intramolecular Hbond substituents is 1. The number of aromatic hydroxyl groups is 1. The summed E-state index contributed by atoms with van der Waals surface area (Å²) in [6.45, 7) is 11.6. The average molecular weight is 627 g/mol. The lowest BCUT2D eigenvalue weighted by Crippen LogP contribution is -2.80. The molecule has 3 heterocycles. The van der Waals surface area contributed by atoms with E-state index >= 15 is 0 Å². The van der Waals surface area contributed by atoms with Gasteiger partial charge in [-0.15, -0.1) is 0 Å². The molecule has 1 spiro atoms. The number of aliphatic hydroxyl groups excluding tert-OH is 1. The predicted octanol–water partition coefficient (Wildman–Crippen LogP) is 3.38. The highest BCUT2D eigenvalue weighted by molar-refractivity contribution is 6.10. The van der Waals surface area contributed by atoms with E-state index in [9.17, 15) is 34.8 Å². The van der Waals surface area contributed by atoms with Gasteiger partial charge >= 0.3 is 5.97 Å². The summed E-state index contributed by atoms with van der Waals surface area (Å²) >= 11 is 0. The van der Waals surface area contributed by atoms with Crippen molar-refractivity contribution in [3.8, 4) is 17.2 Å². The van der Waals surface area contributed by atoms with Gasteiger partial charge in [0.25, 0.3) is 0 Å². The Labute approximate surface area is 261 Å². The number of carbonyl (C=O) groups excluding carboxylic acids is 2. The Kier molecular flexibility index (Phi) is 6.79. The summed E-state index contributed by atoms with van der Waals surface area (Å²) in [5, 5.41) is 43.2. The summed E-state index contributed by atoms with van der Waals surface area (Å²) < 4.78 is 26.0. The second-order valence-corrected chi connectivity index (χ2v) is 14.8. The van der Waals surface area contributed by atoms with Gasteiger partial charge in [-0.1, -0.05) is 6.08 Å². The van der Waals surface area contributed by atoms with Crippen molar-refractivity contribution < 1.29 is 53.8 Å². The van der Waals surface area contributed by atoms with Gasteiger partial charge in [0, 0.05) is 42.9 Å². The standard InChI is InChI=1S/C34H42O11/c1-15(29(39)40)9-12-33-28(38)18-13-19(32(6,7)45-33)34(33)22(27(18)42-8)24(37)21-23(36)16-10-11-30(2,3)43-25(16)17(26(21)44-34)14-20(35)31(4,5)41/h9-11,18-20,22,27,35-36,41H,12-14H2,1-8H3,(H,39,40). The Balaban J connectivity index is 1.67. The highest BCUT2D eigenvalue weighted by atomic mass is 16.6. The summed E-state index contributed by atoms with van der Waals surface area (Å²) in [6, 6.07) is 0. The zero-order valence-corrected chi connectivity index (χ0v) is 26.9. The lowest BCUT2D eigenvalue weighted by Gasteiger charge is -2.62. The summed E-state index contributed by atoms with van der Waals surface area (Å²) in [5.41, 5.74) is -6.40. The normalized spacial score (nSPS) is 34.4. The third-order valence-corrected chi connectivity index (χ3v) is 10.7. The second-order valence-electron chi connectivity index (χ2n) is 14.8. The Bertz CT molecular complexity index is 1580. The highest BCUT2D eigenvalue weighted by Crippen LogP contribution is 2.70. The molecule has 244 valence electrons. The molecule has 7 unspecified atom stereocenters. The fourth-order valence-corrected chi connectivity index (χ4v) is 8.45. The van der Waals surface area contributed by atoms with Crippen molar-refractivity contribution >= 4 is 23.6 Å². The third kappa shape index (κ3) is 4.13. The van der Waals surface area contributed by atoms with Crippen LogP contribution in [-0.2, 0) is 25.5 Å². The van der Waals surface area contributed by atoms with E-state index in [0.717, 1.165) is 0 Å². The zero-order chi connectivity index (χ0) is 33.2. The van der Waals surface area contributed by atoms with Crippen molar-refractivity contribution in [2.45, 2.75) is 108 Å². The van der Waals surface area contributed by atoms with Crippen molar-refractivity contribution in [3.63, 3.8) is 0 Å². The molecule has 3 aliphatic carbocycles. The van der Waals surface area contributed by atoms with E-state index in [1.807, 2.05) is 27.7 Å². The van der Waals surface area contributed by atoms with Crippen molar-refractivity contribution in [2.75, 3.05) is 7.11 Å². The fraction of sp³-hybridized carbons (Fsp3) is 0.618. The molecule has 0 radical (unpaired) electrons. The topological polar surface area (TPSA) is 169 Å². The van der Waals surface area contributed by atoms with Crippen molar-refractivity contribution in [2.24, 2.45) is 17.8 Å². The lowest BCUT2D eigenvalue weighted by atomic mass is 9.45. The summed E-state index contributed by atoms with van der Waals surface area (Å²) in [6.07, 6.45) is 2.53. The number of rotatable bonds is 7. The fourth-order valence-electron chi connectivity index (χ4n) is 8.45. The molecule has 1 aromatic rings. The van der Waals surface area contributed by atoms with Crippen LogP contribution in [0, 0.1) is 17.8 Å². The van der Waals surface area contributed by atoms with Crippen LogP contribution in [0.1, 0.15) is 82.8 Å². The van der Waals surface area contributed by atoms with E-state index in [1.54, 1.807) is 12.2 Å². The molecule has 3 aliphatic heterocycles. The van der Waals surface area contributed by atoms with E-state index in [4.69, 9.17) is 18.9 Å². The van der Waals surface area contributed by atoms with Crippen molar-refractivity contribution in [3.05, 3.63) is 34.4 Å². The molecule has 11 heteroatoms. The second kappa shape index (κ2) is 9.63. The molecule has 45 heavy (non-hydrogen) atoms. The molecule has 0 aromatic heterocycles. The number of phenols is 1. The molecule has 7 atom stereocenters. The minimum absolute atomic E-state index is 0.00498. The van der Waals surface area contributed by atoms with Gasteiger partial charge in [-0.3, -0.25) is 9.59 Å². The first-order valence-electron chi connectivity index (χ1n) is 15.3. The molecule has 4 bridgehead atoms. The van der Waals surface area contributed by atoms with Gasteiger partial charge in [0.05, 0.1) is 34.9 Å². The van der Waals surface area contributed by atoms with Crippen LogP contribution >= 0.6 is 0 Å². The molecular weight excluding hydrogens is 584 g/mol. The summed E-state index contributed by atoms with van der Waals surface area (Å²) in [4.78, 5) is 41.3. The monoisotopic (exact) mass is 626 g/mol. The predicted molar refractivity (Wildman–Crippen MR) is 160 cm³/mol. The maximum atomic E-state index is 14.9. The van der Waals surface area contributed by atoms with Crippen LogP contribution in [0.5, 0.6) is 17.2 Å². The number of hydrogen-bond donors (Lipinski definition) is 4. The maximum absolute atomic E-state index is 14.9. The number of ketones is 2. The first-order chi connectivity index (χ1) is 20.7. The van der Waals surface area contributed by atoms with E-state index < -0.39 is 69.7 Å². The number of benzene rings is 1. The Morgan fingerprint density at radius 2 is 1.84 bits per heavy atom. The van der Waals surface area contributed by atoms with Gasteiger partial charge in [0.1, 0.15) is 28.4 Å². The number of hydrogen-bond acceptors (Lipinski definition) is 10. The van der Waals surface area contributed by atoms with E-state index in [1.165, 1.54) is 34.0 Å². The molecule has 4 N–H and O–H groups in total. The number of carboxylic acid groups (broad SMARTS) is 1. The molecule has 4 fully saturated rings. The number of aliphatic carboxylic acids is 1. The SMILES string of the molecule is COC1C2CC3C(C)(C)OC(CC=C(C)C(=O)O)(C2=O)C32Oc3c(CC(O)C(C)(C)O)c4c(c(O)c3C(=O)C12)C=CC(C)(C)O4. The van der Waals surface area contributed by atoms with Gasteiger partial charge in [-0.05, 0) is 67.0 Å². The number of methoxy groups -OCH3 is 1. The molecule has 11 nitrogen and oxygen atoms in total. The number of aliphatic hydroxyl groups is 2. The van der Waals surface area contributed by atoms with Crippen LogP contribution in [0.25, 0.3) is 6.08 Å². The van der Waals surface area contributed by atoms with Gasteiger partial charge in [0.15, 0.2) is 22.8 Å². The van der Waals surface area contributed by atoms with Crippen LogP contribution < -0.4 is 9.47 Å². The molecular formula is C34H42O11. The van der Waals surface area contributed by atoms with Crippen molar-refractivity contribution in [1.29, 1.82) is 0 Å². The molecule has 1 aromatic carbocycles. The molecule has 0 amide bonds. The minimum atomic E-state index is -1.76. The zero-order valence-electron chi connectivity index (χ0n) is 26.9. The Hall–Kier alpha value is -3.25. The molecule has 3 saturated carbocycles. The van der Waals surface area contributed by atoms with Gasteiger partial charge in [0.2, 0.25) is 0 Å². The molecule has 1 saturated heterocycles. The van der Waals surface area contributed by atoms with E-state index in [-0.39, 0.29) is 58.1 Å². The van der Waals surface area contributed by atoms with Gasteiger partial charge in [-0.25, -0.2) is 4.79 Å². The summed E-state index contributed by atoms with van der Waals surface area (Å²) in [7, 11) is 1.43. The van der Waals surface area contributed by atoms with E-state index in [0.29, 0.717) is 6.42 Å². The Morgan fingerprint density at radius 1 is 1.18 bits per heavy atom. The Morgan fingerprint density at radius 3 is 2.44 bits per heavy atom. The lowest BCUT2D eigenvalue weighted by molar-refractivity contribution is -0.224. The van der Waals surface area contributed by atoms with Crippen LogP contribution in [0.3, 0.4) is 0 Å². The number of carbonyl (C=O) groups is 3. The summed E-state index contributed by atoms with van der Waals surface area (Å²) in [5.74, 6) is -4.56. The number of ether oxygens (including phenoxy) is 4. The quantitative estimate of drug-likeness (QED) is 0.327. The molecule has 6 aliphatic rings. The average Bonchev–Trinajstić information content (AvgIpc) is 3.08. The number of fused-ring (bicyclic) bond motifs is 2. The van der Waals surface area contributed by atoms with Crippen LogP contribution in [0.2, 0.25) is 0 Å². The minimum Gasteiger partial charge on any atom is -0.506 e. The highest BCUT2D eigenvalue weighted by Gasteiger charge is 2.85. The maximum Gasteiger partial charge on any atom is 0.330 e. The van der Waals surface area contributed by atoms with Crippen molar-refractivity contribution in [1.82, 2.24) is 0 Å². The smallest absolute Gasteiger partial charge is 0.330 e. The van der Waals surface area contributed by atoms with Gasteiger partial charge in [-0.2, -0.15) is 0 Å². The number of Topliss-reactive ketones (excluding diaryl/α,β-unsaturated/α-hetero) is 2. The molecule has 7 rings (SSSR count). The van der Waals surface area contributed by atoms with E-state index in [2.05, 4.69) is 0 Å².